The first-order valence-corrected chi connectivity index (χ1v) is 10.8. The van der Waals surface area contributed by atoms with Crippen molar-refractivity contribution < 1.29 is 13.2 Å². The summed E-state index contributed by atoms with van der Waals surface area (Å²) in [5.74, 6) is 1.90. The summed E-state index contributed by atoms with van der Waals surface area (Å²) >= 11 is 3.24. The van der Waals surface area contributed by atoms with Crippen molar-refractivity contribution in [2.75, 3.05) is 28.9 Å². The molecule has 0 aromatic heterocycles. The molecule has 1 amide bonds. The van der Waals surface area contributed by atoms with Crippen LogP contribution in [0, 0.1) is 0 Å². The lowest BCUT2D eigenvalue weighted by Gasteiger charge is -2.19. The number of hydrogen-bond donors (Lipinski definition) is 1. The highest BCUT2D eigenvalue weighted by Gasteiger charge is 2.39. The highest BCUT2D eigenvalue weighted by atomic mass is 32.2. The summed E-state index contributed by atoms with van der Waals surface area (Å²) in [6.45, 7) is 0.669. The van der Waals surface area contributed by atoms with Crippen molar-refractivity contribution in [1.82, 2.24) is 5.32 Å². The number of thioether (sulfide) groups is 2. The van der Waals surface area contributed by atoms with Crippen LogP contribution in [0.5, 0.6) is 0 Å². The number of para-hydroxylation sites is 1. The first kappa shape index (κ1) is 16.0. The number of anilines is 1. The number of sulfonamides is 1. The number of rotatable bonds is 4. The number of carbonyl (C=O) groups is 1. The van der Waals surface area contributed by atoms with Gasteiger partial charge in [-0.05, 0) is 18.6 Å². The molecule has 2 fully saturated rings. The predicted molar refractivity (Wildman–Crippen MR) is 92.8 cm³/mol. The molecule has 2 saturated heterocycles. The molecule has 120 valence electrons. The van der Waals surface area contributed by atoms with Gasteiger partial charge in [0.1, 0.15) is 4.58 Å². The minimum Gasteiger partial charge on any atom is -0.353 e. The van der Waals surface area contributed by atoms with E-state index in [2.05, 4.69) is 5.32 Å². The van der Waals surface area contributed by atoms with Gasteiger partial charge in [-0.3, -0.25) is 9.10 Å². The summed E-state index contributed by atoms with van der Waals surface area (Å²) in [4.78, 5) is 12.0. The minimum absolute atomic E-state index is 0.0548. The van der Waals surface area contributed by atoms with E-state index in [9.17, 15) is 13.2 Å². The van der Waals surface area contributed by atoms with Crippen LogP contribution in [0.1, 0.15) is 6.42 Å². The molecular weight excluding hydrogens is 340 g/mol. The summed E-state index contributed by atoms with van der Waals surface area (Å²) < 4.78 is 26.5. The van der Waals surface area contributed by atoms with Crippen LogP contribution in [-0.2, 0) is 14.8 Å². The van der Waals surface area contributed by atoms with Gasteiger partial charge in [-0.1, -0.05) is 18.2 Å². The maximum Gasteiger partial charge on any atom is 0.243 e. The zero-order valence-corrected chi connectivity index (χ0v) is 14.4. The van der Waals surface area contributed by atoms with Crippen LogP contribution in [0.25, 0.3) is 0 Å². The van der Waals surface area contributed by atoms with Crippen molar-refractivity contribution in [3.63, 3.8) is 0 Å². The number of amides is 1. The lowest BCUT2D eigenvalue weighted by Crippen LogP contribution is -2.40. The predicted octanol–water partition coefficient (Wildman–Crippen LogP) is 1.52. The first-order valence-electron chi connectivity index (χ1n) is 7.16. The molecule has 0 spiro atoms. The van der Waals surface area contributed by atoms with Gasteiger partial charge in [0.05, 0.1) is 10.9 Å². The molecule has 2 aliphatic heterocycles. The van der Waals surface area contributed by atoms with Crippen LogP contribution >= 0.6 is 23.5 Å². The largest absolute Gasteiger partial charge is 0.353 e. The van der Waals surface area contributed by atoms with E-state index in [0.717, 1.165) is 11.5 Å². The maximum atomic E-state index is 12.6. The van der Waals surface area contributed by atoms with E-state index in [4.69, 9.17) is 0 Å². The van der Waals surface area contributed by atoms with Crippen LogP contribution in [0.3, 0.4) is 0 Å². The third-order valence-electron chi connectivity index (χ3n) is 3.77. The quantitative estimate of drug-likeness (QED) is 0.884. The highest BCUT2D eigenvalue weighted by molar-refractivity contribution is 8.21. The van der Waals surface area contributed by atoms with Crippen LogP contribution in [0.4, 0.5) is 5.69 Å². The molecule has 0 aliphatic carbocycles. The second kappa shape index (κ2) is 6.72. The summed E-state index contributed by atoms with van der Waals surface area (Å²) in [5.41, 5.74) is 0.693. The number of nitrogens with zero attached hydrogens (tertiary/aromatic N) is 1. The van der Waals surface area contributed by atoms with Crippen LogP contribution in [0.2, 0.25) is 0 Å². The molecule has 0 radical (unpaired) electrons. The topological polar surface area (TPSA) is 66.5 Å². The van der Waals surface area contributed by atoms with Crippen molar-refractivity contribution in [3.8, 4) is 0 Å². The zero-order valence-electron chi connectivity index (χ0n) is 12.0. The van der Waals surface area contributed by atoms with E-state index < -0.39 is 15.3 Å². The van der Waals surface area contributed by atoms with Crippen LogP contribution in [0.15, 0.2) is 30.3 Å². The molecule has 0 saturated carbocycles. The molecule has 1 unspecified atom stereocenters. The molecule has 8 heteroatoms. The van der Waals surface area contributed by atoms with E-state index in [1.54, 1.807) is 35.7 Å². The molecule has 1 aromatic rings. The highest BCUT2D eigenvalue weighted by Crippen LogP contribution is 2.32. The van der Waals surface area contributed by atoms with E-state index in [0.29, 0.717) is 18.7 Å². The lowest BCUT2D eigenvalue weighted by molar-refractivity contribution is -0.119. The van der Waals surface area contributed by atoms with Gasteiger partial charge in [-0.2, -0.15) is 0 Å². The molecular formula is C14H18N2O3S3. The molecule has 3 rings (SSSR count). The van der Waals surface area contributed by atoms with Gasteiger partial charge >= 0.3 is 0 Å². The molecule has 2 aliphatic rings. The van der Waals surface area contributed by atoms with Gasteiger partial charge in [0.2, 0.25) is 15.9 Å². The Morgan fingerprint density at radius 3 is 2.59 bits per heavy atom. The second-order valence-corrected chi connectivity index (χ2v) is 10.0. The Kier molecular flexibility index (Phi) is 4.89. The van der Waals surface area contributed by atoms with Gasteiger partial charge in [0.15, 0.2) is 0 Å². The van der Waals surface area contributed by atoms with E-state index in [1.165, 1.54) is 4.31 Å². The van der Waals surface area contributed by atoms with Gasteiger partial charge in [-0.15, -0.1) is 23.5 Å². The van der Waals surface area contributed by atoms with E-state index in [-0.39, 0.29) is 17.0 Å². The Labute approximate surface area is 139 Å². The Hall–Kier alpha value is -0.860. The maximum absolute atomic E-state index is 12.6. The molecule has 5 nitrogen and oxygen atoms in total. The number of hydrogen-bond acceptors (Lipinski definition) is 5. The standard InChI is InChI=1S/C14H18N2O3S3/c17-13(14-20-8-9-21-14)15-10-12-6-7-16(22(12,18)19)11-4-2-1-3-5-11/h1-5,12,14H,6-10H2,(H,15,17). The number of benzene rings is 1. The van der Waals surface area contributed by atoms with Gasteiger partial charge < -0.3 is 5.32 Å². The lowest BCUT2D eigenvalue weighted by atomic mass is 10.2. The Morgan fingerprint density at radius 1 is 1.23 bits per heavy atom. The fraction of sp³-hybridized carbons (Fsp3) is 0.500. The summed E-state index contributed by atoms with van der Waals surface area (Å²) in [5, 5.41) is 2.27. The van der Waals surface area contributed by atoms with Gasteiger partial charge in [0, 0.05) is 24.6 Å². The Bertz CT molecular complexity index is 630. The molecule has 1 aromatic carbocycles. The second-order valence-electron chi connectivity index (χ2n) is 5.18. The monoisotopic (exact) mass is 358 g/mol. The third-order valence-corrected chi connectivity index (χ3v) is 9.01. The fourth-order valence-corrected chi connectivity index (χ4v) is 7.06. The third kappa shape index (κ3) is 3.23. The normalized spacial score (nSPS) is 24.5. The van der Waals surface area contributed by atoms with Crippen molar-refractivity contribution in [2.45, 2.75) is 16.3 Å². The van der Waals surface area contributed by atoms with Crippen LogP contribution < -0.4 is 9.62 Å². The Morgan fingerprint density at radius 2 is 1.91 bits per heavy atom. The molecule has 1 atom stereocenters. The van der Waals surface area contributed by atoms with Crippen molar-refractivity contribution in [2.24, 2.45) is 0 Å². The summed E-state index contributed by atoms with van der Waals surface area (Å²) in [6, 6.07) is 9.11. The van der Waals surface area contributed by atoms with E-state index >= 15 is 0 Å². The van der Waals surface area contributed by atoms with Crippen molar-refractivity contribution >= 4 is 45.1 Å². The van der Waals surface area contributed by atoms with E-state index in [1.807, 2.05) is 18.2 Å². The van der Waals surface area contributed by atoms with Gasteiger partial charge in [0.25, 0.3) is 0 Å². The average Bonchev–Trinajstić information content (AvgIpc) is 3.14. The summed E-state index contributed by atoms with van der Waals surface area (Å²) in [6.07, 6.45) is 0.544. The van der Waals surface area contributed by atoms with Crippen molar-refractivity contribution in [1.29, 1.82) is 0 Å². The smallest absolute Gasteiger partial charge is 0.243 e. The average molecular weight is 359 g/mol. The minimum atomic E-state index is -3.40. The van der Waals surface area contributed by atoms with Gasteiger partial charge in [-0.25, -0.2) is 8.42 Å². The van der Waals surface area contributed by atoms with Crippen molar-refractivity contribution in [3.05, 3.63) is 30.3 Å². The SMILES string of the molecule is O=C(NCC1CCN(c2ccccc2)S1(=O)=O)C1SCCS1. The summed E-state index contributed by atoms with van der Waals surface area (Å²) in [7, 11) is -3.40. The number of nitrogens with one attached hydrogen (secondary N) is 1. The fourth-order valence-electron chi connectivity index (χ4n) is 2.60. The number of carbonyl (C=O) groups excluding carboxylic acids is 1. The first-order chi connectivity index (χ1) is 10.6. The Balaban J connectivity index is 1.62. The van der Waals surface area contributed by atoms with Crippen LogP contribution in [-0.4, -0.2) is 48.8 Å². The molecule has 22 heavy (non-hydrogen) atoms. The molecule has 0 bridgehead atoms. The molecule has 1 N–H and O–H groups in total. The zero-order chi connectivity index (χ0) is 15.6. The molecule has 2 heterocycles.